The van der Waals surface area contributed by atoms with Crippen LogP contribution in [0.3, 0.4) is 0 Å². The summed E-state index contributed by atoms with van der Waals surface area (Å²) in [5.41, 5.74) is 9.57. The average molecular weight is 288 g/mol. The summed E-state index contributed by atoms with van der Waals surface area (Å²) in [5.74, 6) is -2.87. The van der Waals surface area contributed by atoms with Gasteiger partial charge in [-0.1, -0.05) is 36.4 Å². The Morgan fingerprint density at radius 2 is 1.90 bits per heavy atom. The highest BCUT2D eigenvalue weighted by molar-refractivity contribution is 5.67. The monoisotopic (exact) mass is 288 g/mol. The molecule has 0 unspecified atom stereocenters. The predicted molar refractivity (Wildman–Crippen MR) is 81.8 cm³/mol. The number of aryl methyl sites for hydroxylation is 1. The molecule has 2 aromatic rings. The van der Waals surface area contributed by atoms with Gasteiger partial charge in [-0.15, -0.1) is 0 Å². The first kappa shape index (κ1) is 13.9. The van der Waals surface area contributed by atoms with Crippen LogP contribution in [0.5, 0.6) is 0 Å². The van der Waals surface area contributed by atoms with E-state index in [9.17, 15) is 8.78 Å². The molecule has 0 saturated heterocycles. The summed E-state index contributed by atoms with van der Waals surface area (Å²) in [6.07, 6.45) is 0.793. The summed E-state index contributed by atoms with van der Waals surface area (Å²) in [4.78, 5) is 1.73. The maximum atomic E-state index is 14.4. The summed E-state index contributed by atoms with van der Waals surface area (Å²) in [6, 6.07) is 11.8. The van der Waals surface area contributed by atoms with Gasteiger partial charge in [-0.3, -0.25) is 0 Å². The van der Waals surface area contributed by atoms with Gasteiger partial charge in [0.05, 0.1) is 6.54 Å². The molecular weight excluding hydrogens is 270 g/mol. The van der Waals surface area contributed by atoms with Crippen molar-refractivity contribution in [1.29, 1.82) is 0 Å². The molecule has 0 fully saturated rings. The third-order valence-corrected chi connectivity index (χ3v) is 4.04. The highest BCUT2D eigenvalue weighted by Crippen LogP contribution is 2.36. The summed E-state index contributed by atoms with van der Waals surface area (Å²) in [6.45, 7) is 2.24. The molecule has 0 bridgehead atoms. The van der Waals surface area contributed by atoms with E-state index in [4.69, 9.17) is 5.73 Å². The van der Waals surface area contributed by atoms with Crippen molar-refractivity contribution in [1.82, 2.24) is 0 Å². The number of nitrogens with two attached hydrogens (primary N) is 1. The van der Waals surface area contributed by atoms with Crippen LogP contribution in [0.4, 0.5) is 20.2 Å². The van der Waals surface area contributed by atoms with Crippen LogP contribution in [0.2, 0.25) is 0 Å². The molecule has 2 nitrogen and oxygen atoms in total. The fourth-order valence-corrected chi connectivity index (χ4v) is 2.82. The number of anilines is 2. The zero-order valence-electron chi connectivity index (χ0n) is 11.9. The van der Waals surface area contributed by atoms with Crippen LogP contribution in [0.15, 0.2) is 42.5 Å². The van der Waals surface area contributed by atoms with E-state index in [0.29, 0.717) is 12.2 Å². The van der Waals surface area contributed by atoms with E-state index in [0.717, 1.165) is 23.2 Å². The number of benzene rings is 2. The molecule has 0 amide bonds. The minimum absolute atomic E-state index is 0.0542. The predicted octanol–water partition coefficient (Wildman–Crippen LogP) is 3.73. The summed E-state index contributed by atoms with van der Waals surface area (Å²) in [7, 11) is 0. The molecular formula is C17H18F2N2. The van der Waals surface area contributed by atoms with Gasteiger partial charge in [0.15, 0.2) is 0 Å². The number of nitrogens with zero attached hydrogens (tertiary/aromatic N) is 1. The van der Waals surface area contributed by atoms with Gasteiger partial charge in [-0.25, -0.2) is 0 Å². The van der Waals surface area contributed by atoms with Crippen LogP contribution >= 0.6 is 0 Å². The molecule has 0 spiro atoms. The molecule has 21 heavy (non-hydrogen) atoms. The van der Waals surface area contributed by atoms with E-state index >= 15 is 0 Å². The lowest BCUT2D eigenvalue weighted by atomic mass is 10.1. The van der Waals surface area contributed by atoms with Crippen LogP contribution in [0.25, 0.3) is 0 Å². The minimum Gasteiger partial charge on any atom is -0.398 e. The quantitative estimate of drug-likeness (QED) is 0.872. The molecule has 2 N–H and O–H groups in total. The second-order valence-corrected chi connectivity index (χ2v) is 5.58. The fourth-order valence-electron chi connectivity index (χ4n) is 2.82. The lowest BCUT2D eigenvalue weighted by molar-refractivity contribution is 0.00433. The molecule has 4 heteroatoms. The van der Waals surface area contributed by atoms with Crippen molar-refractivity contribution in [2.24, 2.45) is 0 Å². The van der Waals surface area contributed by atoms with Gasteiger partial charge in [0.2, 0.25) is 0 Å². The molecule has 1 aliphatic rings. The van der Waals surface area contributed by atoms with Gasteiger partial charge in [0, 0.05) is 23.5 Å². The molecule has 3 rings (SSSR count). The fraction of sp³-hybridized carbons (Fsp3) is 0.294. The Hall–Kier alpha value is -2.10. The summed E-state index contributed by atoms with van der Waals surface area (Å²) in [5, 5.41) is 0. The SMILES string of the molecule is Cc1cc2c(cc1N)N(CC(F)(F)c1ccccc1)CC2. The van der Waals surface area contributed by atoms with E-state index in [2.05, 4.69) is 0 Å². The summed E-state index contributed by atoms with van der Waals surface area (Å²) < 4.78 is 28.8. The Morgan fingerprint density at radius 1 is 1.19 bits per heavy atom. The Kier molecular flexibility index (Phi) is 3.32. The van der Waals surface area contributed by atoms with Crippen molar-refractivity contribution in [3.63, 3.8) is 0 Å². The number of alkyl halides is 2. The number of rotatable bonds is 3. The number of hydrogen-bond donors (Lipinski definition) is 1. The minimum atomic E-state index is -2.87. The van der Waals surface area contributed by atoms with E-state index in [-0.39, 0.29) is 12.1 Å². The van der Waals surface area contributed by atoms with Crippen LogP contribution in [0.1, 0.15) is 16.7 Å². The van der Waals surface area contributed by atoms with Crippen molar-refractivity contribution >= 4 is 11.4 Å². The Balaban J connectivity index is 1.87. The normalized spacial score (nSPS) is 14.3. The maximum Gasteiger partial charge on any atom is 0.290 e. The average Bonchev–Trinajstić information content (AvgIpc) is 2.82. The largest absolute Gasteiger partial charge is 0.398 e. The first-order valence-electron chi connectivity index (χ1n) is 7.05. The molecule has 0 aliphatic carbocycles. The number of halogens is 2. The zero-order chi connectivity index (χ0) is 15.0. The van der Waals surface area contributed by atoms with Crippen LogP contribution in [-0.2, 0) is 12.3 Å². The standard InChI is InChI=1S/C17H18F2N2/c1-12-9-13-7-8-21(16(13)10-15(12)20)11-17(18,19)14-5-3-2-4-6-14/h2-6,9-10H,7-8,11,20H2,1H3. The van der Waals surface area contributed by atoms with E-state index in [1.54, 1.807) is 23.1 Å². The van der Waals surface area contributed by atoms with Crippen molar-refractivity contribution in [3.8, 4) is 0 Å². The third-order valence-electron chi connectivity index (χ3n) is 4.04. The van der Waals surface area contributed by atoms with Gasteiger partial charge in [-0.2, -0.15) is 8.78 Å². The van der Waals surface area contributed by atoms with E-state index in [1.165, 1.54) is 12.1 Å². The first-order chi connectivity index (χ1) is 9.97. The highest BCUT2D eigenvalue weighted by Gasteiger charge is 2.36. The molecule has 0 radical (unpaired) electrons. The molecule has 0 aromatic heterocycles. The van der Waals surface area contributed by atoms with Gasteiger partial charge in [-0.05, 0) is 30.5 Å². The second-order valence-electron chi connectivity index (χ2n) is 5.58. The van der Waals surface area contributed by atoms with Crippen molar-refractivity contribution in [2.45, 2.75) is 19.3 Å². The Labute approximate surface area is 123 Å². The number of hydrogen-bond acceptors (Lipinski definition) is 2. The lowest BCUT2D eigenvalue weighted by Gasteiger charge is -2.26. The van der Waals surface area contributed by atoms with Crippen molar-refractivity contribution < 1.29 is 8.78 Å². The first-order valence-corrected chi connectivity index (χ1v) is 7.05. The van der Waals surface area contributed by atoms with Gasteiger partial charge in [0.1, 0.15) is 0 Å². The highest BCUT2D eigenvalue weighted by atomic mass is 19.3. The zero-order valence-corrected chi connectivity index (χ0v) is 11.9. The topological polar surface area (TPSA) is 29.3 Å². The summed E-state index contributed by atoms with van der Waals surface area (Å²) >= 11 is 0. The lowest BCUT2D eigenvalue weighted by Crippen LogP contribution is -2.34. The van der Waals surface area contributed by atoms with Gasteiger partial charge < -0.3 is 10.6 Å². The van der Waals surface area contributed by atoms with Crippen LogP contribution < -0.4 is 10.6 Å². The smallest absolute Gasteiger partial charge is 0.290 e. The maximum absolute atomic E-state index is 14.4. The number of fused-ring (bicyclic) bond motifs is 1. The van der Waals surface area contributed by atoms with E-state index in [1.807, 2.05) is 19.1 Å². The van der Waals surface area contributed by atoms with E-state index < -0.39 is 5.92 Å². The number of nitrogen functional groups attached to an aromatic ring is 1. The van der Waals surface area contributed by atoms with Gasteiger partial charge >= 0.3 is 0 Å². The molecule has 110 valence electrons. The van der Waals surface area contributed by atoms with Crippen LogP contribution in [0, 0.1) is 6.92 Å². The Bertz CT molecular complexity index is 653. The Morgan fingerprint density at radius 3 is 2.62 bits per heavy atom. The second kappa shape index (κ2) is 5.02. The molecule has 1 aliphatic heterocycles. The molecule has 0 saturated carbocycles. The van der Waals surface area contributed by atoms with Crippen LogP contribution in [-0.4, -0.2) is 13.1 Å². The molecule has 2 aromatic carbocycles. The van der Waals surface area contributed by atoms with Crippen molar-refractivity contribution in [3.05, 3.63) is 59.2 Å². The molecule has 0 atom stereocenters. The van der Waals surface area contributed by atoms with Crippen molar-refractivity contribution in [2.75, 3.05) is 23.7 Å². The van der Waals surface area contributed by atoms with Gasteiger partial charge in [0.25, 0.3) is 5.92 Å². The third kappa shape index (κ3) is 2.58. The molecule has 1 heterocycles.